The number of nitrogens with zero attached hydrogens (tertiary/aromatic N) is 5. The topological polar surface area (TPSA) is 172 Å². The first-order chi connectivity index (χ1) is 13.6. The summed E-state index contributed by atoms with van der Waals surface area (Å²) in [5.41, 5.74) is 0. The van der Waals surface area contributed by atoms with Crippen molar-refractivity contribution in [3.8, 4) is 0 Å². The second-order valence-electron chi connectivity index (χ2n) is 6.06. The number of hydrogen-bond acceptors (Lipinski definition) is 5. The number of rotatable bonds is 5. The van der Waals surface area contributed by atoms with E-state index in [9.17, 15) is 25.5 Å². The van der Waals surface area contributed by atoms with Crippen molar-refractivity contribution in [1.29, 1.82) is 0 Å². The molecule has 0 aromatic carbocycles. The van der Waals surface area contributed by atoms with Gasteiger partial charge in [-0.05, 0) is 0 Å². The molecule has 1 aliphatic heterocycles. The van der Waals surface area contributed by atoms with E-state index in [0.29, 0.717) is 0 Å². The Hall–Kier alpha value is 0.699. The molecule has 1 heterocycles. The zero-order valence-electron chi connectivity index (χ0n) is 15.6. The predicted molar refractivity (Wildman–Crippen MR) is 107 cm³/mol. The van der Waals surface area contributed by atoms with Gasteiger partial charge in [0.2, 0.25) is 0 Å². The molecular weight excluding hydrogens is 456 g/mol. The van der Waals surface area contributed by atoms with Crippen LogP contribution in [0.15, 0.2) is 0 Å². The van der Waals surface area contributed by atoms with E-state index in [1.165, 1.54) is 0 Å². The van der Waals surface area contributed by atoms with Gasteiger partial charge in [-0.3, -0.25) is 0 Å². The third-order valence-electron chi connectivity index (χ3n) is 3.93. The van der Waals surface area contributed by atoms with E-state index >= 15 is 0 Å². The van der Waals surface area contributed by atoms with Crippen LogP contribution in [-0.2, 0) is 13.1 Å². The molecule has 0 unspecified atom stereocenters. The van der Waals surface area contributed by atoms with Crippen molar-refractivity contribution >= 4 is 20.2 Å². The Morgan fingerprint density at radius 3 is 0.750 bits per heavy atom. The third kappa shape index (κ3) is 13.8. The fourth-order valence-corrected chi connectivity index (χ4v) is 2.22. The Kier molecular flexibility index (Phi) is 20.1. The standard InChI is InChI=1S/C15H30N5O5.2ClH.Mn/c21-6-11-1-16-12(7-22)2-18-14(9-24)4-20-15(10-25)5-19-13(8-23)3-17-11;;;/h11-15,21-25H,1-10H2;2*1H;/q-5;;;+2/p-2/t11-,12-,13+,14+,15-;;;/m1.../s1. The molecule has 13 heteroatoms. The molecular formula is C15H30Cl2MnN5O5-5. The van der Waals surface area contributed by atoms with Crippen molar-refractivity contribution in [2.75, 3.05) is 65.8 Å². The summed E-state index contributed by atoms with van der Waals surface area (Å²) in [5.74, 6) is 0. The van der Waals surface area contributed by atoms with Crippen molar-refractivity contribution in [2.24, 2.45) is 0 Å². The number of aliphatic hydroxyl groups is 5. The van der Waals surface area contributed by atoms with Crippen LogP contribution in [0.1, 0.15) is 0 Å². The van der Waals surface area contributed by atoms with Gasteiger partial charge in [-0.2, -0.15) is 32.7 Å². The van der Waals surface area contributed by atoms with Crippen molar-refractivity contribution < 1.29 is 38.7 Å². The first-order valence-electron chi connectivity index (χ1n) is 8.82. The van der Waals surface area contributed by atoms with Gasteiger partial charge in [0.25, 0.3) is 0 Å². The molecule has 0 aromatic heterocycles. The molecule has 1 fully saturated rings. The Morgan fingerprint density at radius 2 is 0.643 bits per heavy atom. The van der Waals surface area contributed by atoms with Gasteiger partial charge in [0.05, 0.1) is 0 Å². The Labute approximate surface area is 181 Å². The molecule has 1 rings (SSSR count). The summed E-state index contributed by atoms with van der Waals surface area (Å²) in [6.45, 7) is 0.246. The van der Waals surface area contributed by atoms with E-state index < -0.39 is 30.2 Å². The Balaban J connectivity index is 0.00000227. The van der Waals surface area contributed by atoms with Crippen LogP contribution >= 0.6 is 20.2 Å². The fourth-order valence-electron chi connectivity index (χ4n) is 2.22. The molecule has 5 atom stereocenters. The molecule has 0 spiro atoms. The van der Waals surface area contributed by atoms with Gasteiger partial charge >= 0.3 is 33.3 Å². The number of aliphatic hydroxyl groups excluding tert-OH is 5. The maximum atomic E-state index is 9.41. The van der Waals surface area contributed by atoms with E-state index in [4.69, 9.17) is 20.2 Å². The predicted octanol–water partition coefficient (Wildman–Crippen LogP) is 0.0495. The molecule has 171 valence electrons. The minimum absolute atomic E-state index is 0.00694. The van der Waals surface area contributed by atoms with E-state index in [-0.39, 0.29) is 78.9 Å². The number of hydrogen-bond donors (Lipinski definition) is 5. The summed E-state index contributed by atoms with van der Waals surface area (Å²) in [7, 11) is 9.59. The first kappa shape index (κ1) is 28.7. The van der Waals surface area contributed by atoms with Gasteiger partial charge in [-0.1, -0.05) is 0 Å². The average molecular weight is 486 g/mol. The van der Waals surface area contributed by atoms with Crippen molar-refractivity contribution in [2.45, 2.75) is 30.2 Å². The third-order valence-corrected chi connectivity index (χ3v) is 3.93. The van der Waals surface area contributed by atoms with E-state index in [0.717, 1.165) is 0 Å². The molecule has 0 bridgehead atoms. The van der Waals surface area contributed by atoms with Crippen LogP contribution in [0.5, 0.6) is 0 Å². The summed E-state index contributed by atoms with van der Waals surface area (Å²) < 4.78 is 0. The van der Waals surface area contributed by atoms with Crippen molar-refractivity contribution in [1.82, 2.24) is 0 Å². The first-order valence-corrected chi connectivity index (χ1v) is 12.1. The van der Waals surface area contributed by atoms with Crippen LogP contribution in [0.25, 0.3) is 26.6 Å². The fraction of sp³-hybridized carbons (Fsp3) is 1.00. The van der Waals surface area contributed by atoms with Gasteiger partial charge < -0.3 is 52.1 Å². The zero-order valence-corrected chi connectivity index (χ0v) is 18.3. The van der Waals surface area contributed by atoms with Crippen LogP contribution in [0, 0.1) is 0 Å². The van der Waals surface area contributed by atoms with Crippen molar-refractivity contribution in [3.63, 3.8) is 0 Å². The maximum absolute atomic E-state index is 9.41. The van der Waals surface area contributed by atoms with Crippen LogP contribution in [0.2, 0.25) is 0 Å². The molecule has 1 saturated heterocycles. The summed E-state index contributed by atoms with van der Waals surface area (Å²) in [6, 6.07) is -2.17. The molecule has 0 radical (unpaired) electrons. The molecule has 0 amide bonds. The Bertz CT molecular complexity index is 268. The normalized spacial score (nSPS) is 31.2. The molecule has 5 N–H and O–H groups in total. The summed E-state index contributed by atoms with van der Waals surface area (Å²) in [4.78, 5) is 0. The molecule has 28 heavy (non-hydrogen) atoms. The van der Waals surface area contributed by atoms with Gasteiger partial charge in [-0.15, -0.1) is 30.2 Å². The van der Waals surface area contributed by atoms with E-state index in [2.05, 4.69) is 26.6 Å². The SMILES string of the molecule is OC[C@@H]1C[N-][C@@H](CO)C[N-][C@@H](CO)C[N-][C@H](CO)C[N-][C@@H](CO)C[N-]1.[Cl][Mn][Cl]. The monoisotopic (exact) mass is 485 g/mol. The minimum atomic E-state index is -0.435. The van der Waals surface area contributed by atoms with Crippen LogP contribution in [0.4, 0.5) is 0 Å². The van der Waals surface area contributed by atoms with E-state index in [1.807, 2.05) is 0 Å². The summed E-state index contributed by atoms with van der Waals surface area (Å²) in [6.07, 6.45) is 0. The van der Waals surface area contributed by atoms with Crippen LogP contribution in [-0.4, -0.2) is 122 Å². The molecule has 0 aromatic rings. The molecule has 10 nitrogen and oxygen atoms in total. The number of halogens is 2. The van der Waals surface area contributed by atoms with Crippen LogP contribution in [0.3, 0.4) is 0 Å². The summed E-state index contributed by atoms with van der Waals surface area (Å²) in [5, 5.41) is 68.6. The second-order valence-corrected chi connectivity index (χ2v) is 8.01. The van der Waals surface area contributed by atoms with Crippen molar-refractivity contribution in [3.05, 3.63) is 26.6 Å². The van der Waals surface area contributed by atoms with Crippen LogP contribution < -0.4 is 0 Å². The molecule has 1 aliphatic rings. The Morgan fingerprint density at radius 1 is 0.500 bits per heavy atom. The second kappa shape index (κ2) is 19.7. The zero-order chi connectivity index (χ0) is 21.2. The van der Waals surface area contributed by atoms with Gasteiger partial charge in [0.15, 0.2) is 0 Å². The van der Waals surface area contributed by atoms with Gasteiger partial charge in [0.1, 0.15) is 0 Å². The van der Waals surface area contributed by atoms with E-state index in [1.54, 1.807) is 0 Å². The van der Waals surface area contributed by atoms with Gasteiger partial charge in [-0.25, -0.2) is 0 Å². The van der Waals surface area contributed by atoms with Gasteiger partial charge in [0, 0.05) is 33.0 Å². The molecule has 0 saturated carbocycles. The average Bonchev–Trinajstić information content (AvgIpc) is 2.72. The summed E-state index contributed by atoms with van der Waals surface area (Å²) >= 11 is 0.00694. The quantitative estimate of drug-likeness (QED) is 0.345. The molecule has 0 aliphatic carbocycles.